The fourth-order valence-corrected chi connectivity index (χ4v) is 2.13. The van der Waals surface area contributed by atoms with Crippen LogP contribution in [0, 0.1) is 17.5 Å². The van der Waals surface area contributed by atoms with E-state index in [9.17, 15) is 18.3 Å². The Kier molecular flexibility index (Phi) is 4.85. The van der Waals surface area contributed by atoms with E-state index >= 15 is 0 Å². The number of rotatable bonds is 5. The first-order chi connectivity index (χ1) is 9.95. The van der Waals surface area contributed by atoms with Crippen molar-refractivity contribution in [2.24, 2.45) is 0 Å². The Balaban J connectivity index is 1.97. The van der Waals surface area contributed by atoms with Gasteiger partial charge in [0.15, 0.2) is 0 Å². The zero-order valence-electron chi connectivity index (χ0n) is 11.5. The standard InChI is InChI=1S/C16H16F3NO/c1-10(5-14-15(18)3-2-4-16(14)19)20-9-11-6-12(17)8-13(21)7-11/h2-4,6-8,10,20-21H,5,9H2,1H3. The average molecular weight is 295 g/mol. The van der Waals surface area contributed by atoms with Crippen molar-refractivity contribution in [3.05, 3.63) is 65.0 Å². The van der Waals surface area contributed by atoms with Crippen LogP contribution in [0.3, 0.4) is 0 Å². The predicted molar refractivity (Wildman–Crippen MR) is 74.4 cm³/mol. The maximum atomic E-state index is 13.5. The van der Waals surface area contributed by atoms with Gasteiger partial charge in [0.1, 0.15) is 23.2 Å². The largest absolute Gasteiger partial charge is 0.508 e. The van der Waals surface area contributed by atoms with Gasteiger partial charge >= 0.3 is 0 Å². The highest BCUT2D eigenvalue weighted by Crippen LogP contribution is 2.16. The van der Waals surface area contributed by atoms with Gasteiger partial charge in [-0.25, -0.2) is 13.2 Å². The minimum Gasteiger partial charge on any atom is -0.508 e. The molecule has 0 saturated carbocycles. The van der Waals surface area contributed by atoms with Crippen LogP contribution < -0.4 is 5.32 Å². The molecule has 0 radical (unpaired) electrons. The SMILES string of the molecule is CC(Cc1c(F)cccc1F)NCc1cc(O)cc(F)c1. The molecule has 0 aliphatic rings. The molecule has 2 aromatic rings. The number of phenolic OH excluding ortho intramolecular Hbond substituents is 1. The van der Waals surface area contributed by atoms with Gasteiger partial charge in [-0.15, -0.1) is 0 Å². The van der Waals surface area contributed by atoms with Gasteiger partial charge in [0.25, 0.3) is 0 Å². The van der Waals surface area contributed by atoms with E-state index in [2.05, 4.69) is 5.32 Å². The molecule has 1 atom stereocenters. The number of hydrogen-bond acceptors (Lipinski definition) is 2. The molecule has 2 aromatic carbocycles. The molecule has 0 bridgehead atoms. The summed E-state index contributed by atoms with van der Waals surface area (Å²) in [7, 11) is 0. The smallest absolute Gasteiger partial charge is 0.129 e. The lowest BCUT2D eigenvalue weighted by molar-refractivity contribution is 0.465. The van der Waals surface area contributed by atoms with Crippen LogP contribution in [0.25, 0.3) is 0 Å². The molecule has 2 nitrogen and oxygen atoms in total. The highest BCUT2D eigenvalue weighted by Gasteiger charge is 2.12. The Bertz CT molecular complexity index is 590. The molecule has 0 aromatic heterocycles. The minimum absolute atomic E-state index is 0.0274. The van der Waals surface area contributed by atoms with E-state index < -0.39 is 17.5 Å². The quantitative estimate of drug-likeness (QED) is 0.884. The van der Waals surface area contributed by atoms with E-state index in [0.717, 1.165) is 6.07 Å². The van der Waals surface area contributed by atoms with Crippen LogP contribution >= 0.6 is 0 Å². The monoisotopic (exact) mass is 295 g/mol. The van der Waals surface area contributed by atoms with Crippen molar-refractivity contribution < 1.29 is 18.3 Å². The maximum Gasteiger partial charge on any atom is 0.129 e. The van der Waals surface area contributed by atoms with Crippen LogP contribution in [0.2, 0.25) is 0 Å². The second-order valence-corrected chi connectivity index (χ2v) is 5.00. The summed E-state index contributed by atoms with van der Waals surface area (Å²) in [6, 6.07) is 7.30. The van der Waals surface area contributed by atoms with Crippen LogP contribution in [0.15, 0.2) is 36.4 Å². The second kappa shape index (κ2) is 6.63. The number of hydrogen-bond donors (Lipinski definition) is 2. The highest BCUT2D eigenvalue weighted by atomic mass is 19.1. The van der Waals surface area contributed by atoms with E-state index in [-0.39, 0.29) is 23.8 Å². The third kappa shape index (κ3) is 4.23. The molecule has 1 unspecified atom stereocenters. The number of aromatic hydroxyl groups is 1. The third-order valence-electron chi connectivity index (χ3n) is 3.17. The van der Waals surface area contributed by atoms with Crippen LogP contribution in [-0.4, -0.2) is 11.1 Å². The first kappa shape index (κ1) is 15.4. The molecule has 0 amide bonds. The van der Waals surface area contributed by atoms with E-state index in [1.807, 2.05) is 0 Å². The van der Waals surface area contributed by atoms with Crippen LogP contribution in [-0.2, 0) is 13.0 Å². The number of halogens is 3. The van der Waals surface area contributed by atoms with Gasteiger partial charge in [-0.1, -0.05) is 6.07 Å². The molecule has 0 saturated heterocycles. The van der Waals surface area contributed by atoms with Crippen molar-refractivity contribution in [1.29, 1.82) is 0 Å². The molecule has 0 aliphatic carbocycles. The zero-order chi connectivity index (χ0) is 15.4. The fourth-order valence-electron chi connectivity index (χ4n) is 2.13. The van der Waals surface area contributed by atoms with Crippen molar-refractivity contribution in [2.75, 3.05) is 0 Å². The van der Waals surface area contributed by atoms with Crippen molar-refractivity contribution in [1.82, 2.24) is 5.32 Å². The summed E-state index contributed by atoms with van der Waals surface area (Å²) in [6.07, 6.45) is 0.180. The van der Waals surface area contributed by atoms with Gasteiger partial charge < -0.3 is 10.4 Å². The summed E-state index contributed by atoms with van der Waals surface area (Å²) in [4.78, 5) is 0. The van der Waals surface area contributed by atoms with Crippen LogP contribution in [0.1, 0.15) is 18.1 Å². The van der Waals surface area contributed by atoms with Gasteiger partial charge in [0, 0.05) is 24.2 Å². The Morgan fingerprint density at radius 3 is 2.38 bits per heavy atom. The molecule has 21 heavy (non-hydrogen) atoms. The van der Waals surface area contributed by atoms with Gasteiger partial charge in [0.2, 0.25) is 0 Å². The third-order valence-corrected chi connectivity index (χ3v) is 3.17. The summed E-state index contributed by atoms with van der Waals surface area (Å²) in [5, 5.41) is 12.3. The molecule has 0 spiro atoms. The maximum absolute atomic E-state index is 13.5. The van der Waals surface area contributed by atoms with E-state index in [4.69, 9.17) is 0 Å². The molecule has 0 heterocycles. The summed E-state index contributed by atoms with van der Waals surface area (Å²) >= 11 is 0. The van der Waals surface area contributed by atoms with Crippen molar-refractivity contribution >= 4 is 0 Å². The lowest BCUT2D eigenvalue weighted by Crippen LogP contribution is -2.28. The summed E-state index contributed by atoms with van der Waals surface area (Å²) in [5.74, 6) is -1.83. The summed E-state index contributed by atoms with van der Waals surface area (Å²) < 4.78 is 40.2. The zero-order valence-corrected chi connectivity index (χ0v) is 11.5. The molecule has 2 rings (SSSR count). The van der Waals surface area contributed by atoms with Crippen molar-refractivity contribution in [3.63, 3.8) is 0 Å². The molecular formula is C16H16F3NO. The van der Waals surface area contributed by atoms with E-state index in [1.165, 1.54) is 30.3 Å². The van der Waals surface area contributed by atoms with Crippen LogP contribution in [0.4, 0.5) is 13.2 Å². The van der Waals surface area contributed by atoms with Gasteiger partial charge in [-0.3, -0.25) is 0 Å². The first-order valence-corrected chi connectivity index (χ1v) is 6.60. The predicted octanol–water partition coefficient (Wildman–Crippen LogP) is 3.53. The lowest BCUT2D eigenvalue weighted by Gasteiger charge is -2.15. The molecule has 112 valence electrons. The Morgan fingerprint density at radius 1 is 1.10 bits per heavy atom. The summed E-state index contributed by atoms with van der Waals surface area (Å²) in [6.45, 7) is 2.08. The minimum atomic E-state index is -0.577. The van der Waals surface area contributed by atoms with E-state index in [1.54, 1.807) is 6.92 Å². The van der Waals surface area contributed by atoms with Gasteiger partial charge in [-0.2, -0.15) is 0 Å². The Labute approximate surface area is 121 Å². The normalized spacial score (nSPS) is 12.4. The molecular weight excluding hydrogens is 279 g/mol. The first-order valence-electron chi connectivity index (χ1n) is 6.60. The van der Waals surface area contributed by atoms with Crippen LogP contribution in [0.5, 0.6) is 5.75 Å². The Morgan fingerprint density at radius 2 is 1.76 bits per heavy atom. The lowest BCUT2D eigenvalue weighted by atomic mass is 10.1. The number of phenols is 1. The van der Waals surface area contributed by atoms with E-state index in [0.29, 0.717) is 12.1 Å². The Hall–Kier alpha value is -2.01. The molecule has 0 fully saturated rings. The fraction of sp³-hybridized carbons (Fsp3) is 0.250. The number of nitrogens with one attached hydrogen (secondary N) is 1. The molecule has 0 aliphatic heterocycles. The summed E-state index contributed by atoms with van der Waals surface area (Å²) in [5.41, 5.74) is 0.591. The van der Waals surface area contributed by atoms with Gasteiger partial charge in [0.05, 0.1) is 0 Å². The molecule has 5 heteroatoms. The van der Waals surface area contributed by atoms with Gasteiger partial charge in [-0.05, 0) is 43.2 Å². The molecule has 2 N–H and O–H groups in total. The van der Waals surface area contributed by atoms with Crippen molar-refractivity contribution in [2.45, 2.75) is 25.9 Å². The van der Waals surface area contributed by atoms with Crippen molar-refractivity contribution in [3.8, 4) is 5.75 Å². The second-order valence-electron chi connectivity index (χ2n) is 5.00. The average Bonchev–Trinajstić information content (AvgIpc) is 2.40. The highest BCUT2D eigenvalue weighted by molar-refractivity contribution is 5.28. The number of benzene rings is 2. The topological polar surface area (TPSA) is 32.3 Å².